The second kappa shape index (κ2) is 4.23. The van der Waals surface area contributed by atoms with Crippen molar-refractivity contribution in [3.05, 3.63) is 65.9 Å². The Morgan fingerprint density at radius 3 is 2.70 bits per heavy atom. The van der Waals surface area contributed by atoms with E-state index in [1.807, 2.05) is 48.5 Å². The van der Waals surface area contributed by atoms with Crippen LogP contribution in [0.5, 0.6) is 5.75 Å². The number of hydrogen-bond donors (Lipinski definition) is 0. The summed E-state index contributed by atoms with van der Waals surface area (Å²) in [6.45, 7) is 0. The highest BCUT2D eigenvalue weighted by Gasteiger charge is 2.31. The third-order valence-corrected chi connectivity index (χ3v) is 3.61. The van der Waals surface area contributed by atoms with E-state index in [1.54, 1.807) is 6.07 Å². The molecular formula is C17H12O3. The molecule has 0 spiro atoms. The van der Waals surface area contributed by atoms with Crippen molar-refractivity contribution in [2.45, 2.75) is 12.5 Å². The molecule has 4 rings (SSSR count). The molecule has 0 fully saturated rings. The summed E-state index contributed by atoms with van der Waals surface area (Å²) in [6.07, 6.45) is 0.124. The lowest BCUT2D eigenvalue weighted by Crippen LogP contribution is -2.24. The zero-order valence-electron chi connectivity index (χ0n) is 10.7. The molecule has 3 nitrogen and oxygen atoms in total. The smallest absolute Gasteiger partial charge is 0.238 e. The average Bonchev–Trinajstić information content (AvgIpc) is 3.10. The minimum absolute atomic E-state index is 0.0996. The van der Waals surface area contributed by atoms with Crippen LogP contribution in [-0.4, -0.2) is 11.9 Å². The summed E-state index contributed by atoms with van der Waals surface area (Å²) in [5.41, 5.74) is 1.80. The number of benzene rings is 2. The summed E-state index contributed by atoms with van der Waals surface area (Å²) >= 11 is 0. The van der Waals surface area contributed by atoms with Crippen molar-refractivity contribution < 1.29 is 13.9 Å². The van der Waals surface area contributed by atoms with Crippen molar-refractivity contribution in [1.29, 1.82) is 0 Å². The van der Waals surface area contributed by atoms with Gasteiger partial charge in [0.1, 0.15) is 11.3 Å². The summed E-state index contributed by atoms with van der Waals surface area (Å²) in [6, 6.07) is 17.1. The van der Waals surface area contributed by atoms with Crippen LogP contribution in [0.4, 0.5) is 0 Å². The highest BCUT2D eigenvalue weighted by Crippen LogP contribution is 2.30. The quantitative estimate of drug-likeness (QED) is 0.664. The highest BCUT2D eigenvalue weighted by molar-refractivity contribution is 6.01. The zero-order valence-corrected chi connectivity index (χ0v) is 10.7. The van der Waals surface area contributed by atoms with Crippen molar-refractivity contribution in [2.75, 3.05) is 0 Å². The van der Waals surface area contributed by atoms with E-state index in [0.29, 0.717) is 12.2 Å². The molecule has 1 aliphatic heterocycles. The van der Waals surface area contributed by atoms with Crippen molar-refractivity contribution >= 4 is 16.8 Å². The topological polar surface area (TPSA) is 39.4 Å². The first-order valence-electron chi connectivity index (χ1n) is 6.58. The first-order valence-corrected chi connectivity index (χ1v) is 6.58. The maximum atomic E-state index is 12.5. The molecule has 0 saturated carbocycles. The number of furan rings is 1. The third kappa shape index (κ3) is 1.71. The lowest BCUT2D eigenvalue weighted by atomic mass is 10.1. The van der Waals surface area contributed by atoms with E-state index in [1.165, 1.54) is 0 Å². The molecule has 3 aromatic rings. The molecule has 3 heteroatoms. The molecule has 0 N–H and O–H groups in total. The highest BCUT2D eigenvalue weighted by atomic mass is 16.5. The van der Waals surface area contributed by atoms with Crippen LogP contribution in [0.3, 0.4) is 0 Å². The molecule has 20 heavy (non-hydrogen) atoms. The molecule has 98 valence electrons. The molecular weight excluding hydrogens is 252 g/mol. The first kappa shape index (κ1) is 11.3. The lowest BCUT2D eigenvalue weighted by Gasteiger charge is -2.06. The molecule has 2 aromatic carbocycles. The fourth-order valence-corrected chi connectivity index (χ4v) is 2.59. The summed E-state index contributed by atoms with van der Waals surface area (Å²) < 4.78 is 11.3. The summed E-state index contributed by atoms with van der Waals surface area (Å²) in [5, 5.41) is 0.936. The zero-order chi connectivity index (χ0) is 13.5. The van der Waals surface area contributed by atoms with E-state index in [4.69, 9.17) is 9.15 Å². The molecule has 1 unspecified atom stereocenters. The first-order chi connectivity index (χ1) is 9.81. The molecule has 0 saturated heterocycles. The van der Waals surface area contributed by atoms with E-state index in [-0.39, 0.29) is 5.78 Å². The Labute approximate surface area is 115 Å². The minimum atomic E-state index is -0.479. The van der Waals surface area contributed by atoms with Crippen LogP contribution in [0.25, 0.3) is 11.0 Å². The average molecular weight is 264 g/mol. The summed E-state index contributed by atoms with van der Waals surface area (Å²) in [5.74, 6) is 1.06. The SMILES string of the molecule is O=C(c1cc2ccccc2o1)C1Cc2ccccc2O1. The van der Waals surface area contributed by atoms with Crippen LogP contribution < -0.4 is 4.74 Å². The van der Waals surface area contributed by atoms with Crippen molar-refractivity contribution in [2.24, 2.45) is 0 Å². The van der Waals surface area contributed by atoms with E-state index < -0.39 is 6.10 Å². The summed E-state index contributed by atoms with van der Waals surface area (Å²) in [7, 11) is 0. The van der Waals surface area contributed by atoms with Gasteiger partial charge in [-0.3, -0.25) is 4.79 Å². The van der Waals surface area contributed by atoms with Gasteiger partial charge in [-0.25, -0.2) is 0 Å². The second-order valence-corrected chi connectivity index (χ2v) is 4.93. The Balaban J connectivity index is 1.65. The molecule has 0 radical (unpaired) electrons. The molecule has 0 amide bonds. The van der Waals surface area contributed by atoms with Crippen LogP contribution in [0.15, 0.2) is 59.0 Å². The van der Waals surface area contributed by atoms with Gasteiger partial charge in [-0.1, -0.05) is 36.4 Å². The summed E-state index contributed by atoms with van der Waals surface area (Å²) in [4.78, 5) is 12.5. The van der Waals surface area contributed by atoms with Gasteiger partial charge in [0.15, 0.2) is 11.9 Å². The van der Waals surface area contributed by atoms with Gasteiger partial charge in [0.2, 0.25) is 5.78 Å². The normalized spacial score (nSPS) is 16.9. The molecule has 1 aliphatic rings. The number of carbonyl (C=O) groups is 1. The van der Waals surface area contributed by atoms with Gasteiger partial charge >= 0.3 is 0 Å². The second-order valence-electron chi connectivity index (χ2n) is 4.93. The fourth-order valence-electron chi connectivity index (χ4n) is 2.59. The van der Waals surface area contributed by atoms with Gasteiger partial charge in [-0.05, 0) is 23.8 Å². The predicted molar refractivity (Wildman–Crippen MR) is 75.1 cm³/mol. The van der Waals surface area contributed by atoms with Crippen LogP contribution >= 0.6 is 0 Å². The maximum Gasteiger partial charge on any atom is 0.238 e. The van der Waals surface area contributed by atoms with Gasteiger partial charge in [0.05, 0.1) is 0 Å². The Morgan fingerprint density at radius 1 is 1.05 bits per heavy atom. The number of ether oxygens (including phenoxy) is 1. The number of fused-ring (bicyclic) bond motifs is 2. The number of carbonyl (C=O) groups excluding carboxylic acids is 1. The van der Waals surface area contributed by atoms with Gasteiger partial charge < -0.3 is 9.15 Å². The largest absolute Gasteiger partial charge is 0.481 e. The van der Waals surface area contributed by atoms with Crippen molar-refractivity contribution in [1.82, 2.24) is 0 Å². The molecule has 1 aromatic heterocycles. The number of rotatable bonds is 2. The number of para-hydroxylation sites is 2. The standard InChI is InChI=1S/C17H12O3/c18-17(15-9-11-5-1-3-7-13(11)19-15)16-10-12-6-2-4-8-14(12)20-16/h1-9,16H,10H2. The van der Waals surface area contributed by atoms with Crippen LogP contribution in [-0.2, 0) is 6.42 Å². The third-order valence-electron chi connectivity index (χ3n) is 3.61. The van der Waals surface area contributed by atoms with Gasteiger partial charge in [0, 0.05) is 11.8 Å². The van der Waals surface area contributed by atoms with Gasteiger partial charge in [0.25, 0.3) is 0 Å². The molecule has 0 aliphatic carbocycles. The monoisotopic (exact) mass is 264 g/mol. The Morgan fingerprint density at radius 2 is 1.85 bits per heavy atom. The lowest BCUT2D eigenvalue weighted by molar-refractivity contribution is 0.0798. The van der Waals surface area contributed by atoms with Crippen molar-refractivity contribution in [3.63, 3.8) is 0 Å². The van der Waals surface area contributed by atoms with Crippen molar-refractivity contribution in [3.8, 4) is 5.75 Å². The van der Waals surface area contributed by atoms with Crippen LogP contribution in [0, 0.1) is 0 Å². The number of ketones is 1. The molecule has 2 heterocycles. The Hall–Kier alpha value is -2.55. The molecule has 1 atom stereocenters. The maximum absolute atomic E-state index is 12.5. The van der Waals surface area contributed by atoms with Gasteiger partial charge in [-0.2, -0.15) is 0 Å². The van der Waals surface area contributed by atoms with Gasteiger partial charge in [-0.15, -0.1) is 0 Å². The molecule has 0 bridgehead atoms. The van der Waals surface area contributed by atoms with E-state index in [2.05, 4.69) is 0 Å². The number of hydrogen-bond acceptors (Lipinski definition) is 3. The predicted octanol–water partition coefficient (Wildman–Crippen LogP) is 3.62. The number of Topliss-reactive ketones (excluding diaryl/α,β-unsaturated/α-hetero) is 1. The Kier molecular flexibility index (Phi) is 2.39. The Bertz CT molecular complexity index is 743. The minimum Gasteiger partial charge on any atom is -0.481 e. The van der Waals surface area contributed by atoms with E-state index in [0.717, 1.165) is 22.3 Å². The fraction of sp³-hybridized carbons (Fsp3) is 0.118. The van der Waals surface area contributed by atoms with E-state index in [9.17, 15) is 4.79 Å². The van der Waals surface area contributed by atoms with Crippen LogP contribution in [0.1, 0.15) is 16.1 Å². The van der Waals surface area contributed by atoms with E-state index >= 15 is 0 Å². The van der Waals surface area contributed by atoms with Crippen LogP contribution in [0.2, 0.25) is 0 Å².